The zero-order valence-corrected chi connectivity index (χ0v) is 11.3. The Labute approximate surface area is 111 Å². The lowest BCUT2D eigenvalue weighted by Crippen LogP contribution is -2.10. The average Bonchev–Trinajstić information content (AvgIpc) is 2.84. The molecule has 1 atom stereocenters. The largest absolute Gasteiger partial charge is 0.308 e. The van der Waals surface area contributed by atoms with Crippen molar-refractivity contribution >= 4 is 0 Å². The summed E-state index contributed by atoms with van der Waals surface area (Å²) in [6, 6.07) is -0.447. The number of alkyl halides is 2. The summed E-state index contributed by atoms with van der Waals surface area (Å²) in [5.74, 6) is -2.75. The minimum atomic E-state index is -2.91. The van der Waals surface area contributed by atoms with Crippen molar-refractivity contribution in [2.24, 2.45) is 0 Å². The van der Waals surface area contributed by atoms with E-state index in [0.29, 0.717) is 5.82 Å². The van der Waals surface area contributed by atoms with E-state index in [1.807, 2.05) is 44.2 Å². The molecule has 1 aromatic rings. The molecule has 0 saturated carbocycles. The van der Waals surface area contributed by atoms with Gasteiger partial charge < -0.3 is 0 Å². The second-order valence-corrected chi connectivity index (χ2v) is 4.53. The van der Waals surface area contributed by atoms with Gasteiger partial charge in [-0.25, -0.2) is 9.67 Å². The molecule has 19 heavy (non-hydrogen) atoms. The van der Waals surface area contributed by atoms with Gasteiger partial charge in [0.05, 0.1) is 6.04 Å². The van der Waals surface area contributed by atoms with E-state index in [4.69, 9.17) is 0 Å². The van der Waals surface area contributed by atoms with Gasteiger partial charge in [-0.1, -0.05) is 30.4 Å². The highest BCUT2D eigenvalue weighted by atomic mass is 19.3. The summed E-state index contributed by atoms with van der Waals surface area (Å²) in [6.45, 7) is 5.38. The predicted molar refractivity (Wildman–Crippen MR) is 70.0 cm³/mol. The van der Waals surface area contributed by atoms with Gasteiger partial charge in [-0.3, -0.25) is 0 Å². The maximum atomic E-state index is 13.9. The number of allylic oxidation sites excluding steroid dienone is 6. The normalized spacial score (nSPS) is 22.6. The summed E-state index contributed by atoms with van der Waals surface area (Å²) in [5, 5.41) is 4.10. The lowest BCUT2D eigenvalue weighted by molar-refractivity contribution is -0.00889. The van der Waals surface area contributed by atoms with Gasteiger partial charge in [0.25, 0.3) is 0 Å². The van der Waals surface area contributed by atoms with Crippen LogP contribution in [0.15, 0.2) is 36.0 Å². The molecule has 3 nitrogen and oxygen atoms in total. The molecule has 0 saturated heterocycles. The van der Waals surface area contributed by atoms with Gasteiger partial charge in [0.15, 0.2) is 5.82 Å². The van der Waals surface area contributed by atoms with Gasteiger partial charge in [-0.05, 0) is 26.3 Å². The molecule has 5 heteroatoms. The van der Waals surface area contributed by atoms with Crippen LogP contribution in [0.2, 0.25) is 0 Å². The number of aromatic nitrogens is 3. The highest BCUT2D eigenvalue weighted by Crippen LogP contribution is 2.45. The highest BCUT2D eigenvalue weighted by Gasteiger charge is 2.48. The maximum Gasteiger partial charge on any atom is 0.308 e. The molecule has 0 radical (unpaired) electrons. The Balaban J connectivity index is 2.37. The molecule has 0 amide bonds. The van der Waals surface area contributed by atoms with Gasteiger partial charge in [0.1, 0.15) is 5.82 Å². The summed E-state index contributed by atoms with van der Waals surface area (Å²) in [4.78, 5) is 3.84. The predicted octanol–water partition coefficient (Wildman–Crippen LogP) is 3.70. The van der Waals surface area contributed by atoms with Crippen molar-refractivity contribution in [3.63, 3.8) is 0 Å². The number of nitrogens with zero attached hydrogens (tertiary/aromatic N) is 3. The molecule has 1 aromatic heterocycles. The Morgan fingerprint density at radius 2 is 2.11 bits per heavy atom. The van der Waals surface area contributed by atoms with Gasteiger partial charge >= 0.3 is 5.92 Å². The molecule has 0 spiro atoms. The SMILES string of the molecule is C\C=C/C=C\C(=C/C)C1CC(F)(F)c2nc(C)nn21. The first-order valence-electron chi connectivity index (χ1n) is 6.26. The van der Waals surface area contributed by atoms with Crippen LogP contribution in [0.5, 0.6) is 0 Å². The van der Waals surface area contributed by atoms with Crippen LogP contribution in [-0.4, -0.2) is 14.8 Å². The molecule has 1 aliphatic rings. The third-order valence-electron chi connectivity index (χ3n) is 3.12. The average molecular weight is 265 g/mol. The fraction of sp³-hybridized carbons (Fsp3) is 0.429. The van der Waals surface area contributed by atoms with E-state index >= 15 is 0 Å². The topological polar surface area (TPSA) is 30.7 Å². The number of fused-ring (bicyclic) bond motifs is 1. The van der Waals surface area contributed by atoms with Gasteiger partial charge in [0.2, 0.25) is 0 Å². The monoisotopic (exact) mass is 265 g/mol. The molecule has 2 rings (SSSR count). The third-order valence-corrected chi connectivity index (χ3v) is 3.12. The van der Waals surface area contributed by atoms with Crippen molar-refractivity contribution < 1.29 is 8.78 Å². The smallest absolute Gasteiger partial charge is 0.237 e. The number of halogens is 2. The van der Waals surface area contributed by atoms with Gasteiger partial charge in [0, 0.05) is 6.42 Å². The quantitative estimate of drug-likeness (QED) is 0.780. The molecule has 1 unspecified atom stereocenters. The Morgan fingerprint density at radius 1 is 1.37 bits per heavy atom. The molecule has 0 aromatic carbocycles. The van der Waals surface area contributed by atoms with Crippen LogP contribution in [0.3, 0.4) is 0 Å². The summed E-state index contributed by atoms with van der Waals surface area (Å²) >= 11 is 0. The van der Waals surface area contributed by atoms with Crippen molar-refractivity contribution in [2.45, 2.75) is 39.2 Å². The van der Waals surface area contributed by atoms with Crippen LogP contribution >= 0.6 is 0 Å². The maximum absolute atomic E-state index is 13.9. The molecule has 0 N–H and O–H groups in total. The Bertz CT molecular complexity index is 553. The van der Waals surface area contributed by atoms with Gasteiger partial charge in [-0.2, -0.15) is 13.9 Å². The Kier molecular flexibility index (Phi) is 3.64. The van der Waals surface area contributed by atoms with E-state index in [1.54, 1.807) is 6.92 Å². The first-order valence-corrected chi connectivity index (χ1v) is 6.26. The van der Waals surface area contributed by atoms with E-state index in [9.17, 15) is 8.78 Å². The minimum Gasteiger partial charge on any atom is -0.237 e. The standard InChI is InChI=1S/C14H17F2N3/c1-4-6-7-8-11(5-2)12-9-14(15,16)13-17-10(3)18-19(12)13/h4-8,12H,9H2,1-3H3/b6-4-,8-7-,11-5+. The lowest BCUT2D eigenvalue weighted by Gasteiger charge is -2.12. The fourth-order valence-electron chi connectivity index (χ4n) is 2.25. The molecule has 0 bridgehead atoms. The second kappa shape index (κ2) is 5.07. The molecule has 102 valence electrons. The molecular weight excluding hydrogens is 248 g/mol. The zero-order chi connectivity index (χ0) is 14.0. The summed E-state index contributed by atoms with van der Waals surface area (Å²) in [5.41, 5.74) is 0.821. The van der Waals surface area contributed by atoms with Crippen molar-refractivity contribution in [3.8, 4) is 0 Å². The van der Waals surface area contributed by atoms with E-state index < -0.39 is 12.0 Å². The summed E-state index contributed by atoms with van der Waals surface area (Å²) in [7, 11) is 0. The second-order valence-electron chi connectivity index (χ2n) is 4.53. The first-order chi connectivity index (χ1) is 8.99. The van der Waals surface area contributed by atoms with Crippen molar-refractivity contribution in [2.75, 3.05) is 0 Å². The van der Waals surface area contributed by atoms with Gasteiger partial charge in [-0.15, -0.1) is 0 Å². The zero-order valence-electron chi connectivity index (χ0n) is 11.3. The first kappa shape index (κ1) is 13.6. The van der Waals surface area contributed by atoms with Crippen LogP contribution in [0.25, 0.3) is 0 Å². The van der Waals surface area contributed by atoms with Crippen LogP contribution in [0.1, 0.15) is 38.0 Å². The Hall–Kier alpha value is -1.78. The minimum absolute atomic E-state index is 0.228. The van der Waals surface area contributed by atoms with E-state index in [0.717, 1.165) is 5.57 Å². The molecule has 0 fully saturated rings. The van der Waals surface area contributed by atoms with Crippen molar-refractivity contribution in [3.05, 3.63) is 47.6 Å². The number of hydrogen-bond acceptors (Lipinski definition) is 2. The highest BCUT2D eigenvalue weighted by molar-refractivity contribution is 5.29. The van der Waals surface area contributed by atoms with Crippen molar-refractivity contribution in [1.82, 2.24) is 14.8 Å². The number of hydrogen-bond donors (Lipinski definition) is 0. The lowest BCUT2D eigenvalue weighted by atomic mass is 10.0. The number of rotatable bonds is 3. The fourth-order valence-corrected chi connectivity index (χ4v) is 2.25. The Morgan fingerprint density at radius 3 is 2.74 bits per heavy atom. The van der Waals surface area contributed by atoms with E-state index in [-0.39, 0.29) is 12.2 Å². The third kappa shape index (κ3) is 2.50. The number of aryl methyl sites for hydroxylation is 1. The van der Waals surface area contributed by atoms with Crippen molar-refractivity contribution in [1.29, 1.82) is 0 Å². The van der Waals surface area contributed by atoms with Crippen LogP contribution < -0.4 is 0 Å². The summed E-state index contributed by atoms with van der Waals surface area (Å²) < 4.78 is 29.1. The van der Waals surface area contributed by atoms with E-state index in [2.05, 4.69) is 10.1 Å². The molecular formula is C14H17F2N3. The van der Waals surface area contributed by atoms with Crippen LogP contribution in [-0.2, 0) is 5.92 Å². The molecule has 2 heterocycles. The van der Waals surface area contributed by atoms with E-state index in [1.165, 1.54) is 4.68 Å². The van der Waals surface area contributed by atoms with Crippen LogP contribution in [0.4, 0.5) is 8.78 Å². The summed E-state index contributed by atoms with van der Waals surface area (Å²) in [6.07, 6.45) is 9.00. The molecule has 1 aliphatic heterocycles. The molecule has 0 aliphatic carbocycles. The van der Waals surface area contributed by atoms with Crippen LogP contribution in [0, 0.1) is 6.92 Å².